The van der Waals surface area contributed by atoms with E-state index in [9.17, 15) is 4.79 Å². The maximum absolute atomic E-state index is 12.8. The zero-order chi connectivity index (χ0) is 16.0. The van der Waals surface area contributed by atoms with Crippen LogP contribution in [-0.4, -0.2) is 10.9 Å². The number of amides is 1. The Balaban J connectivity index is 1.59. The first-order valence-electron chi connectivity index (χ1n) is 8.15. The number of rotatable bonds is 3. The van der Waals surface area contributed by atoms with Gasteiger partial charge in [0.25, 0.3) is 0 Å². The van der Waals surface area contributed by atoms with Crippen molar-refractivity contribution in [2.45, 2.75) is 44.4 Å². The average Bonchev–Trinajstić information content (AvgIpc) is 3.22. The molecular formula is C19H19ClN2O. The van der Waals surface area contributed by atoms with Gasteiger partial charge in [0.2, 0.25) is 5.91 Å². The number of anilines is 1. The number of halogens is 1. The molecule has 3 nitrogen and oxygen atoms in total. The van der Waals surface area contributed by atoms with E-state index >= 15 is 0 Å². The second-order valence-electron chi connectivity index (χ2n) is 6.68. The second-order valence-corrected chi connectivity index (χ2v) is 7.04. The molecule has 118 valence electrons. The molecule has 0 aliphatic heterocycles. The van der Waals surface area contributed by atoms with Crippen LogP contribution < -0.4 is 5.32 Å². The van der Waals surface area contributed by atoms with Crippen LogP contribution >= 0.6 is 11.6 Å². The average molecular weight is 327 g/mol. The van der Waals surface area contributed by atoms with Crippen LogP contribution in [0.1, 0.15) is 41.5 Å². The molecule has 2 aliphatic rings. The van der Waals surface area contributed by atoms with Crippen LogP contribution in [0.15, 0.2) is 30.3 Å². The molecule has 23 heavy (non-hydrogen) atoms. The highest BCUT2D eigenvalue weighted by molar-refractivity contribution is 6.30. The van der Waals surface area contributed by atoms with Gasteiger partial charge in [-0.25, -0.2) is 4.98 Å². The van der Waals surface area contributed by atoms with E-state index in [1.165, 1.54) is 24.0 Å². The molecule has 1 amide bonds. The molecule has 1 aromatic heterocycles. The second kappa shape index (κ2) is 5.34. The molecular weight excluding hydrogens is 308 g/mol. The summed E-state index contributed by atoms with van der Waals surface area (Å²) in [6.45, 7) is 1.90. The molecule has 4 rings (SSSR count). The molecule has 2 aromatic rings. The van der Waals surface area contributed by atoms with E-state index in [2.05, 4.69) is 28.5 Å². The summed E-state index contributed by atoms with van der Waals surface area (Å²) in [6, 6.07) is 10.3. The van der Waals surface area contributed by atoms with Crippen LogP contribution in [0.2, 0.25) is 5.15 Å². The molecule has 1 aromatic carbocycles. The van der Waals surface area contributed by atoms with Crippen molar-refractivity contribution in [3.8, 4) is 0 Å². The van der Waals surface area contributed by atoms with Crippen LogP contribution in [0.3, 0.4) is 0 Å². The van der Waals surface area contributed by atoms with Gasteiger partial charge in [0.05, 0.1) is 5.41 Å². The van der Waals surface area contributed by atoms with Gasteiger partial charge in [-0.05, 0) is 67.3 Å². The molecule has 1 fully saturated rings. The summed E-state index contributed by atoms with van der Waals surface area (Å²) in [4.78, 5) is 17.0. The van der Waals surface area contributed by atoms with Crippen LogP contribution in [0, 0.1) is 6.92 Å². The molecule has 1 saturated carbocycles. The van der Waals surface area contributed by atoms with E-state index < -0.39 is 0 Å². The van der Waals surface area contributed by atoms with Crippen LogP contribution in [-0.2, 0) is 23.1 Å². The van der Waals surface area contributed by atoms with E-state index in [1.54, 1.807) is 6.07 Å². The van der Waals surface area contributed by atoms with Crippen molar-refractivity contribution in [2.24, 2.45) is 0 Å². The zero-order valence-electron chi connectivity index (χ0n) is 13.2. The lowest BCUT2D eigenvalue weighted by molar-refractivity contribution is -0.118. The molecule has 1 N–H and O–H groups in total. The minimum absolute atomic E-state index is 0.0304. The summed E-state index contributed by atoms with van der Waals surface area (Å²) < 4.78 is 0. The molecule has 2 aliphatic carbocycles. The Labute approximate surface area is 141 Å². The first kappa shape index (κ1) is 14.7. The topological polar surface area (TPSA) is 42.0 Å². The first-order valence-corrected chi connectivity index (χ1v) is 8.53. The zero-order valence-corrected chi connectivity index (χ0v) is 13.9. The van der Waals surface area contributed by atoms with E-state index in [-0.39, 0.29) is 11.3 Å². The number of aromatic nitrogens is 1. The van der Waals surface area contributed by atoms with Gasteiger partial charge >= 0.3 is 0 Å². The Bertz CT molecular complexity index is 796. The molecule has 0 spiro atoms. The lowest BCUT2D eigenvalue weighted by Crippen LogP contribution is -2.28. The van der Waals surface area contributed by atoms with Crippen molar-refractivity contribution in [1.82, 2.24) is 4.98 Å². The van der Waals surface area contributed by atoms with Gasteiger partial charge in [0, 0.05) is 0 Å². The maximum atomic E-state index is 12.8. The highest BCUT2D eigenvalue weighted by Crippen LogP contribution is 2.49. The lowest BCUT2D eigenvalue weighted by Gasteiger charge is -2.17. The fraction of sp³-hybridized carbons (Fsp3) is 0.368. The molecule has 0 saturated heterocycles. The van der Waals surface area contributed by atoms with Crippen molar-refractivity contribution in [2.75, 3.05) is 5.32 Å². The summed E-state index contributed by atoms with van der Waals surface area (Å²) in [6.07, 6.45) is 5.33. The first-order chi connectivity index (χ1) is 11.1. The van der Waals surface area contributed by atoms with E-state index in [4.69, 9.17) is 11.6 Å². The number of benzene rings is 1. The predicted molar refractivity (Wildman–Crippen MR) is 92.0 cm³/mol. The van der Waals surface area contributed by atoms with Gasteiger partial charge in [0.15, 0.2) is 0 Å². The number of nitrogens with zero attached hydrogens (tertiary/aromatic N) is 1. The molecule has 0 unspecified atom stereocenters. The number of carbonyl (C=O) groups excluding carboxylic acids is 1. The van der Waals surface area contributed by atoms with Crippen LogP contribution in [0.5, 0.6) is 0 Å². The smallest absolute Gasteiger partial charge is 0.236 e. The minimum atomic E-state index is -0.378. The van der Waals surface area contributed by atoms with Crippen LogP contribution in [0.4, 0.5) is 5.82 Å². The van der Waals surface area contributed by atoms with Gasteiger partial charge in [-0.15, -0.1) is 0 Å². The molecule has 4 heteroatoms. The van der Waals surface area contributed by atoms with Gasteiger partial charge in [0.1, 0.15) is 11.0 Å². The third kappa shape index (κ3) is 2.53. The quantitative estimate of drug-likeness (QED) is 0.859. The predicted octanol–water partition coefficient (Wildman–Crippen LogP) is 4.20. The summed E-state index contributed by atoms with van der Waals surface area (Å²) >= 11 is 6.05. The normalized spacial score (nSPS) is 17.7. The fourth-order valence-corrected chi connectivity index (χ4v) is 3.60. The number of hydrogen-bond donors (Lipinski definition) is 1. The lowest BCUT2D eigenvalue weighted by atomic mass is 9.92. The number of fused-ring (bicyclic) bond motifs is 1. The number of pyridine rings is 1. The Morgan fingerprint density at radius 3 is 2.70 bits per heavy atom. The van der Waals surface area contributed by atoms with Gasteiger partial charge < -0.3 is 5.32 Å². The Morgan fingerprint density at radius 2 is 1.96 bits per heavy atom. The van der Waals surface area contributed by atoms with Gasteiger partial charge in [-0.2, -0.15) is 0 Å². The van der Waals surface area contributed by atoms with E-state index in [0.717, 1.165) is 30.4 Å². The van der Waals surface area contributed by atoms with Crippen molar-refractivity contribution < 1.29 is 4.79 Å². The number of carbonyl (C=O) groups is 1. The highest BCUT2D eigenvalue weighted by Gasteiger charge is 2.51. The van der Waals surface area contributed by atoms with Crippen molar-refractivity contribution >= 4 is 23.3 Å². The molecule has 0 radical (unpaired) electrons. The summed E-state index contributed by atoms with van der Waals surface area (Å²) in [5.41, 5.74) is 4.53. The molecule has 0 bridgehead atoms. The van der Waals surface area contributed by atoms with Crippen molar-refractivity contribution in [3.63, 3.8) is 0 Å². The van der Waals surface area contributed by atoms with Crippen LogP contribution in [0.25, 0.3) is 0 Å². The third-order valence-corrected chi connectivity index (χ3v) is 5.50. The van der Waals surface area contributed by atoms with Crippen molar-refractivity contribution in [1.29, 1.82) is 0 Å². The Hall–Kier alpha value is -1.87. The minimum Gasteiger partial charge on any atom is -0.310 e. The molecule has 0 atom stereocenters. The van der Waals surface area contributed by atoms with Crippen molar-refractivity contribution in [3.05, 3.63) is 57.7 Å². The molecule has 1 heterocycles. The number of nitrogens with one attached hydrogen (secondary N) is 1. The maximum Gasteiger partial charge on any atom is 0.236 e. The van der Waals surface area contributed by atoms with E-state index in [0.29, 0.717) is 11.0 Å². The summed E-state index contributed by atoms with van der Waals surface area (Å²) in [7, 11) is 0. The fourth-order valence-electron chi connectivity index (χ4n) is 3.45. The monoisotopic (exact) mass is 326 g/mol. The SMILES string of the molecule is Cc1ccc(NC(=O)C2(c3ccc4c(c3)CCC4)CC2)nc1Cl. The Morgan fingerprint density at radius 1 is 1.17 bits per heavy atom. The summed E-state index contributed by atoms with van der Waals surface area (Å²) in [5.74, 6) is 0.556. The standard InChI is InChI=1S/C19H19ClN2O/c1-12-5-8-16(21-17(12)20)22-18(23)19(9-10-19)15-7-6-13-3-2-4-14(13)11-15/h5-8,11H,2-4,9-10H2,1H3,(H,21,22,23). The Kier molecular flexibility index (Phi) is 3.42. The number of aryl methyl sites for hydroxylation is 3. The number of hydrogen-bond acceptors (Lipinski definition) is 2. The largest absolute Gasteiger partial charge is 0.310 e. The van der Waals surface area contributed by atoms with E-state index in [1.807, 2.05) is 13.0 Å². The van der Waals surface area contributed by atoms with Gasteiger partial charge in [-0.1, -0.05) is 35.9 Å². The summed E-state index contributed by atoms with van der Waals surface area (Å²) in [5, 5.41) is 3.38. The highest BCUT2D eigenvalue weighted by atomic mass is 35.5. The van der Waals surface area contributed by atoms with Gasteiger partial charge in [-0.3, -0.25) is 4.79 Å². The third-order valence-electron chi connectivity index (χ3n) is 5.11.